The van der Waals surface area contributed by atoms with Gasteiger partial charge in [-0.3, -0.25) is 10.1 Å². The summed E-state index contributed by atoms with van der Waals surface area (Å²) in [6.07, 6.45) is 1.79. The van der Waals surface area contributed by atoms with Gasteiger partial charge in [-0.05, 0) is 71.3 Å². The number of allylic oxidation sites excluding steroid dienone is 1. The minimum atomic E-state index is -0.434. The van der Waals surface area contributed by atoms with Gasteiger partial charge in [-0.2, -0.15) is 5.26 Å². The van der Waals surface area contributed by atoms with Gasteiger partial charge in [0.15, 0.2) is 0 Å². The van der Waals surface area contributed by atoms with Crippen molar-refractivity contribution in [2.24, 2.45) is 0 Å². The van der Waals surface area contributed by atoms with E-state index in [9.17, 15) is 15.4 Å². The Hall–Kier alpha value is -4.11. The average Bonchev–Trinajstić information content (AvgIpc) is 2.76. The van der Waals surface area contributed by atoms with Crippen molar-refractivity contribution < 1.29 is 14.4 Å². The number of nitro groups is 1. The third kappa shape index (κ3) is 5.21. The van der Waals surface area contributed by atoms with Crippen LogP contribution in [0.5, 0.6) is 11.5 Å². The molecular formula is C23H18N2O4. The Kier molecular flexibility index (Phi) is 6.23. The van der Waals surface area contributed by atoms with E-state index in [-0.39, 0.29) is 12.3 Å². The van der Waals surface area contributed by atoms with Gasteiger partial charge in [0.05, 0.1) is 23.7 Å². The van der Waals surface area contributed by atoms with E-state index < -0.39 is 4.92 Å². The predicted molar refractivity (Wildman–Crippen MR) is 110 cm³/mol. The van der Waals surface area contributed by atoms with Crippen LogP contribution in [0.25, 0.3) is 11.6 Å². The fraction of sp³-hybridized carbons (Fsp3) is 0.0870. The molecule has 0 aliphatic heterocycles. The maximum absolute atomic E-state index is 10.7. The molecule has 3 rings (SSSR count). The molecule has 0 spiro atoms. The average molecular weight is 386 g/mol. The van der Waals surface area contributed by atoms with E-state index in [1.807, 2.05) is 48.5 Å². The smallest absolute Gasteiger partial charge is 0.269 e. The van der Waals surface area contributed by atoms with E-state index >= 15 is 0 Å². The second kappa shape index (κ2) is 9.20. The van der Waals surface area contributed by atoms with Crippen LogP contribution in [0, 0.1) is 21.4 Å². The Morgan fingerprint density at radius 3 is 2.41 bits per heavy atom. The Morgan fingerprint density at radius 1 is 1.07 bits per heavy atom. The lowest BCUT2D eigenvalue weighted by molar-refractivity contribution is -0.384. The van der Waals surface area contributed by atoms with Crippen LogP contribution in [0.15, 0.2) is 72.8 Å². The molecule has 6 nitrogen and oxygen atoms in total. The highest BCUT2D eigenvalue weighted by molar-refractivity contribution is 5.89. The summed E-state index contributed by atoms with van der Waals surface area (Å²) in [6, 6.07) is 23.1. The molecule has 0 N–H and O–H groups in total. The zero-order chi connectivity index (χ0) is 20.6. The number of methoxy groups -OCH3 is 1. The van der Waals surface area contributed by atoms with Crippen molar-refractivity contribution in [2.75, 3.05) is 7.11 Å². The Morgan fingerprint density at radius 2 is 1.79 bits per heavy atom. The largest absolute Gasteiger partial charge is 0.497 e. The van der Waals surface area contributed by atoms with E-state index in [1.165, 1.54) is 12.1 Å². The molecule has 0 aromatic heterocycles. The van der Waals surface area contributed by atoms with Crippen LogP contribution in [-0.4, -0.2) is 12.0 Å². The second-order valence-electron chi connectivity index (χ2n) is 6.18. The molecule has 6 heteroatoms. The lowest BCUT2D eigenvalue weighted by atomic mass is 10.0. The third-order valence-corrected chi connectivity index (χ3v) is 4.24. The van der Waals surface area contributed by atoms with Crippen LogP contribution >= 0.6 is 0 Å². The van der Waals surface area contributed by atoms with Crippen molar-refractivity contribution in [3.8, 4) is 17.6 Å². The van der Waals surface area contributed by atoms with Gasteiger partial charge in [-0.25, -0.2) is 0 Å². The summed E-state index contributed by atoms with van der Waals surface area (Å²) in [6.45, 7) is 0.286. The molecule has 0 heterocycles. The number of ether oxygens (including phenoxy) is 2. The van der Waals surface area contributed by atoms with Crippen LogP contribution in [0.3, 0.4) is 0 Å². The molecule has 0 radical (unpaired) electrons. The summed E-state index contributed by atoms with van der Waals surface area (Å²) < 4.78 is 10.9. The molecule has 0 aliphatic carbocycles. The van der Waals surface area contributed by atoms with Crippen molar-refractivity contribution in [1.82, 2.24) is 0 Å². The highest BCUT2D eigenvalue weighted by Gasteiger charge is 2.05. The SMILES string of the molecule is COc1ccc(/C(C#N)=C/c2cccc(OCc3ccc([N+](=O)[O-])cc3)c2)cc1. The number of hydrogen-bond donors (Lipinski definition) is 0. The summed E-state index contributed by atoms with van der Waals surface area (Å²) >= 11 is 0. The van der Waals surface area contributed by atoms with Gasteiger partial charge in [0, 0.05) is 12.1 Å². The number of rotatable bonds is 7. The minimum Gasteiger partial charge on any atom is -0.497 e. The first-order chi connectivity index (χ1) is 14.1. The summed E-state index contributed by atoms with van der Waals surface area (Å²) in [4.78, 5) is 10.3. The van der Waals surface area contributed by atoms with Crippen molar-refractivity contribution in [2.45, 2.75) is 6.61 Å². The molecular weight excluding hydrogens is 368 g/mol. The number of nitrogens with zero attached hydrogens (tertiary/aromatic N) is 2. The van der Waals surface area contributed by atoms with Gasteiger partial charge < -0.3 is 9.47 Å². The lowest BCUT2D eigenvalue weighted by Crippen LogP contribution is -1.96. The first-order valence-electron chi connectivity index (χ1n) is 8.81. The third-order valence-electron chi connectivity index (χ3n) is 4.24. The summed E-state index contributed by atoms with van der Waals surface area (Å²) in [7, 11) is 1.60. The van der Waals surface area contributed by atoms with Gasteiger partial charge in [0.25, 0.3) is 5.69 Å². The van der Waals surface area contributed by atoms with E-state index in [4.69, 9.17) is 9.47 Å². The first-order valence-corrected chi connectivity index (χ1v) is 8.81. The zero-order valence-electron chi connectivity index (χ0n) is 15.7. The number of benzene rings is 3. The maximum atomic E-state index is 10.7. The van der Waals surface area contributed by atoms with Crippen molar-refractivity contribution >= 4 is 17.3 Å². The van der Waals surface area contributed by atoms with Crippen LogP contribution in [0.4, 0.5) is 5.69 Å². The van der Waals surface area contributed by atoms with Crippen LogP contribution in [0.2, 0.25) is 0 Å². The summed E-state index contributed by atoms with van der Waals surface area (Å²) in [5.41, 5.74) is 3.03. The number of hydrogen-bond acceptors (Lipinski definition) is 5. The number of non-ortho nitro benzene ring substituents is 1. The topological polar surface area (TPSA) is 85.4 Å². The fourth-order valence-corrected chi connectivity index (χ4v) is 2.69. The van der Waals surface area contributed by atoms with Crippen molar-refractivity contribution in [1.29, 1.82) is 5.26 Å². The van der Waals surface area contributed by atoms with E-state index in [1.54, 1.807) is 25.3 Å². The molecule has 3 aromatic rings. The van der Waals surface area contributed by atoms with Crippen LogP contribution in [-0.2, 0) is 6.61 Å². The highest BCUT2D eigenvalue weighted by atomic mass is 16.6. The van der Waals surface area contributed by atoms with Gasteiger partial charge in [-0.15, -0.1) is 0 Å². The normalized spacial score (nSPS) is 10.8. The molecule has 0 amide bonds. The van der Waals surface area contributed by atoms with E-state index in [0.29, 0.717) is 11.3 Å². The molecule has 0 fully saturated rings. The molecule has 0 aliphatic rings. The fourth-order valence-electron chi connectivity index (χ4n) is 2.69. The maximum Gasteiger partial charge on any atom is 0.269 e. The molecule has 0 unspecified atom stereocenters. The second-order valence-corrected chi connectivity index (χ2v) is 6.18. The standard InChI is InChI=1S/C23H18N2O4/c1-28-22-11-7-19(8-12-22)20(15-24)13-18-3-2-4-23(14-18)29-16-17-5-9-21(10-6-17)25(26)27/h2-14H,16H2,1H3/b20-13+. The van der Waals surface area contributed by atoms with Gasteiger partial charge >= 0.3 is 0 Å². The molecule has 0 saturated heterocycles. The summed E-state index contributed by atoms with van der Waals surface area (Å²) in [5, 5.41) is 20.2. The Balaban J connectivity index is 1.73. The molecule has 0 saturated carbocycles. The highest BCUT2D eigenvalue weighted by Crippen LogP contribution is 2.23. The monoisotopic (exact) mass is 386 g/mol. The Labute approximate surface area is 168 Å². The lowest BCUT2D eigenvalue weighted by Gasteiger charge is -2.07. The molecule has 0 bridgehead atoms. The number of nitriles is 1. The molecule has 29 heavy (non-hydrogen) atoms. The van der Waals surface area contributed by atoms with E-state index in [2.05, 4.69) is 6.07 Å². The molecule has 3 aromatic carbocycles. The number of nitro benzene ring substituents is 1. The van der Waals surface area contributed by atoms with E-state index in [0.717, 1.165) is 22.4 Å². The minimum absolute atomic E-state index is 0.0449. The van der Waals surface area contributed by atoms with Crippen molar-refractivity contribution in [3.63, 3.8) is 0 Å². The van der Waals surface area contributed by atoms with Gasteiger partial charge in [0.2, 0.25) is 0 Å². The summed E-state index contributed by atoms with van der Waals surface area (Å²) in [5.74, 6) is 1.37. The van der Waals surface area contributed by atoms with Crippen LogP contribution < -0.4 is 9.47 Å². The van der Waals surface area contributed by atoms with Gasteiger partial charge in [0.1, 0.15) is 18.1 Å². The predicted octanol–water partition coefficient (Wildman–Crippen LogP) is 5.25. The van der Waals surface area contributed by atoms with Crippen LogP contribution in [0.1, 0.15) is 16.7 Å². The van der Waals surface area contributed by atoms with Gasteiger partial charge in [-0.1, -0.05) is 12.1 Å². The first kappa shape index (κ1) is 19.6. The molecule has 0 atom stereocenters. The Bertz CT molecular complexity index is 1070. The zero-order valence-corrected chi connectivity index (χ0v) is 15.7. The molecule has 144 valence electrons. The quantitative estimate of drug-likeness (QED) is 0.240. The van der Waals surface area contributed by atoms with Crippen molar-refractivity contribution in [3.05, 3.63) is 99.6 Å².